The first-order chi connectivity index (χ1) is 12.6. The lowest BCUT2D eigenvalue weighted by atomic mass is 9.75. The first-order valence-corrected chi connectivity index (χ1v) is 9.10. The van der Waals surface area contributed by atoms with E-state index in [1.165, 1.54) is 0 Å². The van der Waals surface area contributed by atoms with E-state index in [1.807, 2.05) is 30.1 Å². The summed E-state index contributed by atoms with van der Waals surface area (Å²) in [6.45, 7) is 3.24. The first-order valence-electron chi connectivity index (χ1n) is 9.10. The average molecular weight is 355 g/mol. The summed E-state index contributed by atoms with van der Waals surface area (Å²) in [5.74, 6) is 1.19. The van der Waals surface area contributed by atoms with Gasteiger partial charge in [0, 0.05) is 38.6 Å². The van der Waals surface area contributed by atoms with Gasteiger partial charge in [-0.2, -0.15) is 5.10 Å². The third kappa shape index (κ3) is 3.19. The van der Waals surface area contributed by atoms with Crippen molar-refractivity contribution in [2.45, 2.75) is 18.4 Å². The van der Waals surface area contributed by atoms with Crippen molar-refractivity contribution in [1.29, 1.82) is 0 Å². The van der Waals surface area contributed by atoms with Gasteiger partial charge in [0.1, 0.15) is 5.69 Å². The van der Waals surface area contributed by atoms with Crippen molar-refractivity contribution >= 4 is 5.91 Å². The number of aryl methyl sites for hydroxylation is 1. The van der Waals surface area contributed by atoms with Gasteiger partial charge < -0.3 is 9.64 Å². The average Bonchev–Trinajstić information content (AvgIpc) is 3.06. The Hall–Kier alpha value is -2.41. The zero-order valence-corrected chi connectivity index (χ0v) is 15.3. The number of likely N-dealkylation sites (tertiary alicyclic amines) is 2. The summed E-state index contributed by atoms with van der Waals surface area (Å²) in [4.78, 5) is 21.1. The van der Waals surface area contributed by atoms with Crippen molar-refractivity contribution in [3.8, 4) is 5.88 Å². The van der Waals surface area contributed by atoms with Gasteiger partial charge >= 0.3 is 0 Å². The number of hydrogen-bond acceptors (Lipinski definition) is 5. The van der Waals surface area contributed by atoms with Gasteiger partial charge in [0.05, 0.1) is 12.1 Å². The quantitative estimate of drug-likeness (QED) is 0.830. The zero-order valence-electron chi connectivity index (χ0n) is 15.3. The van der Waals surface area contributed by atoms with Crippen LogP contribution in [-0.2, 0) is 7.05 Å². The smallest absolute Gasteiger partial charge is 0.274 e. The van der Waals surface area contributed by atoms with E-state index in [0.29, 0.717) is 24.1 Å². The number of aromatic nitrogens is 3. The summed E-state index contributed by atoms with van der Waals surface area (Å²) in [6.07, 6.45) is 5.71. The Bertz CT molecular complexity index is 769. The maximum absolute atomic E-state index is 12.6. The van der Waals surface area contributed by atoms with Crippen molar-refractivity contribution in [3.05, 3.63) is 42.4 Å². The second-order valence-electron chi connectivity index (χ2n) is 7.52. The number of carbonyl (C=O) groups excluding carboxylic acids is 1. The van der Waals surface area contributed by atoms with E-state index < -0.39 is 0 Å². The summed E-state index contributed by atoms with van der Waals surface area (Å²) in [7, 11) is 3.99. The molecule has 2 aliphatic rings. The van der Waals surface area contributed by atoms with Crippen molar-refractivity contribution in [3.63, 3.8) is 0 Å². The Morgan fingerprint density at radius 3 is 2.85 bits per heavy atom. The molecule has 7 heteroatoms. The third-order valence-electron chi connectivity index (χ3n) is 5.65. The van der Waals surface area contributed by atoms with Gasteiger partial charge in [-0.3, -0.25) is 14.4 Å². The van der Waals surface area contributed by atoms with Crippen LogP contribution in [0.3, 0.4) is 0 Å². The number of amides is 1. The Balaban J connectivity index is 1.35. The van der Waals surface area contributed by atoms with Gasteiger partial charge in [0.2, 0.25) is 5.88 Å². The van der Waals surface area contributed by atoms with Crippen LogP contribution in [0.5, 0.6) is 5.88 Å². The lowest BCUT2D eigenvalue weighted by molar-refractivity contribution is -0.0697. The molecule has 2 aliphatic heterocycles. The molecule has 2 aromatic rings. The van der Waals surface area contributed by atoms with E-state index in [4.69, 9.17) is 4.74 Å². The van der Waals surface area contributed by atoms with Crippen LogP contribution in [0.2, 0.25) is 0 Å². The lowest BCUT2D eigenvalue weighted by Crippen LogP contribution is -2.72. The van der Waals surface area contributed by atoms with Crippen molar-refractivity contribution in [1.82, 2.24) is 24.6 Å². The van der Waals surface area contributed by atoms with E-state index >= 15 is 0 Å². The second-order valence-corrected chi connectivity index (χ2v) is 7.52. The monoisotopic (exact) mass is 355 g/mol. The minimum absolute atomic E-state index is 0.0245. The molecular formula is C19H25N5O2. The molecule has 2 saturated heterocycles. The SMILES string of the molecule is CN1CCC(COc2ccccn2)CC12CN(C(=O)c1ccn(C)n1)C2. The molecule has 4 rings (SSSR count). The van der Waals surface area contributed by atoms with Crippen LogP contribution in [0.1, 0.15) is 23.3 Å². The molecule has 1 amide bonds. The number of hydrogen-bond donors (Lipinski definition) is 0. The number of likely N-dealkylation sites (N-methyl/N-ethyl adjacent to an activating group) is 1. The number of pyridine rings is 1. The number of ether oxygens (including phenoxy) is 1. The third-order valence-corrected chi connectivity index (χ3v) is 5.65. The number of piperidine rings is 1. The fraction of sp³-hybridized carbons (Fsp3) is 0.526. The highest BCUT2D eigenvalue weighted by atomic mass is 16.5. The summed E-state index contributed by atoms with van der Waals surface area (Å²) >= 11 is 0. The highest BCUT2D eigenvalue weighted by molar-refractivity contribution is 5.93. The standard InChI is InChI=1S/C19H25N5O2/c1-22-9-6-15(12-26-17-5-3-4-8-20-17)11-19(22)13-24(14-19)18(25)16-7-10-23(2)21-16/h3-5,7-8,10,15H,6,9,11-14H2,1-2H3. The molecule has 26 heavy (non-hydrogen) atoms. The minimum Gasteiger partial charge on any atom is -0.477 e. The number of carbonyl (C=O) groups is 1. The maximum Gasteiger partial charge on any atom is 0.274 e. The minimum atomic E-state index is 0.0245. The number of rotatable bonds is 4. The summed E-state index contributed by atoms with van der Waals surface area (Å²) in [6, 6.07) is 7.49. The van der Waals surface area contributed by atoms with E-state index in [0.717, 1.165) is 32.5 Å². The summed E-state index contributed by atoms with van der Waals surface area (Å²) in [5.41, 5.74) is 0.594. The molecular weight excluding hydrogens is 330 g/mol. The predicted octanol–water partition coefficient (Wildman–Crippen LogP) is 1.43. The largest absolute Gasteiger partial charge is 0.477 e. The molecule has 1 spiro atoms. The van der Waals surface area contributed by atoms with E-state index in [1.54, 1.807) is 23.1 Å². The number of nitrogens with zero attached hydrogens (tertiary/aromatic N) is 5. The second kappa shape index (κ2) is 6.72. The van der Waals surface area contributed by atoms with Crippen LogP contribution in [0.25, 0.3) is 0 Å². The van der Waals surface area contributed by atoms with E-state index in [2.05, 4.69) is 22.0 Å². The zero-order chi connectivity index (χ0) is 18.1. The Morgan fingerprint density at radius 1 is 1.31 bits per heavy atom. The van der Waals surface area contributed by atoms with Crippen LogP contribution >= 0.6 is 0 Å². The van der Waals surface area contributed by atoms with Gasteiger partial charge in [0.15, 0.2) is 0 Å². The molecule has 4 heterocycles. The molecule has 1 unspecified atom stereocenters. The van der Waals surface area contributed by atoms with Crippen molar-refractivity contribution in [2.24, 2.45) is 13.0 Å². The molecule has 7 nitrogen and oxygen atoms in total. The summed E-state index contributed by atoms with van der Waals surface area (Å²) < 4.78 is 7.53. The fourth-order valence-corrected chi connectivity index (χ4v) is 4.06. The Morgan fingerprint density at radius 2 is 2.15 bits per heavy atom. The Labute approximate surface area is 153 Å². The van der Waals surface area contributed by atoms with Crippen molar-refractivity contribution < 1.29 is 9.53 Å². The van der Waals surface area contributed by atoms with Crippen LogP contribution < -0.4 is 4.74 Å². The van der Waals surface area contributed by atoms with Gasteiger partial charge in [-0.05, 0) is 44.5 Å². The normalized spacial score (nSPS) is 22.2. The molecule has 2 aromatic heterocycles. The molecule has 0 aromatic carbocycles. The van der Waals surface area contributed by atoms with Crippen LogP contribution in [0, 0.1) is 5.92 Å². The highest BCUT2D eigenvalue weighted by Crippen LogP contribution is 2.38. The molecule has 0 saturated carbocycles. The highest BCUT2D eigenvalue weighted by Gasteiger charge is 2.51. The molecule has 0 aliphatic carbocycles. The molecule has 1 atom stereocenters. The predicted molar refractivity (Wildman–Crippen MR) is 96.9 cm³/mol. The molecule has 0 N–H and O–H groups in total. The van der Waals surface area contributed by atoms with Gasteiger partial charge in [-0.1, -0.05) is 6.07 Å². The molecule has 2 fully saturated rings. The van der Waals surface area contributed by atoms with Gasteiger partial charge in [0.25, 0.3) is 5.91 Å². The van der Waals surface area contributed by atoms with E-state index in [9.17, 15) is 4.79 Å². The maximum atomic E-state index is 12.6. The van der Waals surface area contributed by atoms with E-state index in [-0.39, 0.29) is 11.4 Å². The van der Waals surface area contributed by atoms with Crippen LogP contribution in [0.4, 0.5) is 0 Å². The molecule has 0 bridgehead atoms. The first kappa shape index (κ1) is 17.0. The topological polar surface area (TPSA) is 63.5 Å². The van der Waals surface area contributed by atoms with Crippen molar-refractivity contribution in [2.75, 3.05) is 33.3 Å². The fourth-order valence-electron chi connectivity index (χ4n) is 4.06. The summed E-state index contributed by atoms with van der Waals surface area (Å²) in [5, 5.41) is 4.23. The van der Waals surface area contributed by atoms with Crippen LogP contribution in [0.15, 0.2) is 36.7 Å². The lowest BCUT2D eigenvalue weighted by Gasteiger charge is -2.58. The van der Waals surface area contributed by atoms with Crippen LogP contribution in [-0.4, -0.2) is 69.3 Å². The van der Waals surface area contributed by atoms with Gasteiger partial charge in [-0.15, -0.1) is 0 Å². The molecule has 138 valence electrons. The Kier molecular flexibility index (Phi) is 4.40. The molecule has 0 radical (unpaired) electrons. The van der Waals surface area contributed by atoms with Gasteiger partial charge in [-0.25, -0.2) is 4.98 Å².